The van der Waals surface area contributed by atoms with Gasteiger partial charge in [0.05, 0.1) is 12.8 Å². The zero-order valence-electron chi connectivity index (χ0n) is 15.2. The molecule has 0 aromatic heterocycles. The second kappa shape index (κ2) is 8.40. The average Bonchev–Trinajstić information content (AvgIpc) is 2.80. The molecule has 0 bridgehead atoms. The van der Waals surface area contributed by atoms with E-state index in [1.54, 1.807) is 18.2 Å². The molecule has 8 heteroatoms. The lowest BCUT2D eigenvalue weighted by molar-refractivity contribution is -0.134. The number of ether oxygens (including phenoxy) is 1. The van der Waals surface area contributed by atoms with Gasteiger partial charge in [0.2, 0.25) is 5.91 Å². The molecule has 1 saturated heterocycles. The third-order valence-electron chi connectivity index (χ3n) is 4.34. The van der Waals surface area contributed by atoms with Crippen LogP contribution in [-0.4, -0.2) is 41.9 Å². The van der Waals surface area contributed by atoms with E-state index < -0.39 is 17.5 Å². The zero-order chi connectivity index (χ0) is 19.3. The third-order valence-corrected chi connectivity index (χ3v) is 4.57. The first-order chi connectivity index (χ1) is 12.4. The van der Waals surface area contributed by atoms with Crippen molar-refractivity contribution >= 4 is 35.1 Å². The summed E-state index contributed by atoms with van der Waals surface area (Å²) in [7, 11) is 1.47. The van der Waals surface area contributed by atoms with Crippen LogP contribution in [0.5, 0.6) is 5.75 Å². The summed E-state index contributed by atoms with van der Waals surface area (Å²) in [4.78, 5) is 38.4. The number of methoxy groups -OCH3 is 1. The molecule has 2 N–H and O–H groups in total. The number of anilines is 1. The van der Waals surface area contributed by atoms with Crippen molar-refractivity contribution in [3.63, 3.8) is 0 Å². The van der Waals surface area contributed by atoms with Gasteiger partial charge in [0.25, 0.3) is 5.91 Å². The van der Waals surface area contributed by atoms with Crippen LogP contribution in [0.15, 0.2) is 18.2 Å². The summed E-state index contributed by atoms with van der Waals surface area (Å²) in [5, 5.41) is 5.85. The molecule has 142 valence electrons. The van der Waals surface area contributed by atoms with Crippen LogP contribution in [0.1, 0.15) is 39.5 Å². The normalized spacial score (nSPS) is 15.8. The predicted octanol–water partition coefficient (Wildman–Crippen LogP) is 3.18. The Morgan fingerprint density at radius 1 is 1.27 bits per heavy atom. The first-order valence-electron chi connectivity index (χ1n) is 8.64. The highest BCUT2D eigenvalue weighted by atomic mass is 35.5. The maximum atomic E-state index is 12.8. The molecule has 0 atom stereocenters. The number of nitrogens with one attached hydrogen (secondary N) is 2. The van der Waals surface area contributed by atoms with Gasteiger partial charge < -0.3 is 15.4 Å². The second-order valence-electron chi connectivity index (χ2n) is 6.30. The van der Waals surface area contributed by atoms with Crippen molar-refractivity contribution in [3.8, 4) is 5.75 Å². The topological polar surface area (TPSA) is 87.7 Å². The van der Waals surface area contributed by atoms with E-state index in [0.717, 1.165) is 17.7 Å². The van der Waals surface area contributed by atoms with Gasteiger partial charge in [0.15, 0.2) is 0 Å². The summed E-state index contributed by atoms with van der Waals surface area (Å²) in [5.41, 5.74) is -0.528. The van der Waals surface area contributed by atoms with E-state index >= 15 is 0 Å². The lowest BCUT2D eigenvalue weighted by Crippen LogP contribution is -2.47. The van der Waals surface area contributed by atoms with Gasteiger partial charge in [-0.05, 0) is 31.0 Å². The van der Waals surface area contributed by atoms with Crippen LogP contribution in [0.2, 0.25) is 5.02 Å². The van der Waals surface area contributed by atoms with Gasteiger partial charge in [-0.15, -0.1) is 0 Å². The maximum Gasteiger partial charge on any atom is 0.325 e. The number of amides is 4. The molecule has 0 radical (unpaired) electrons. The van der Waals surface area contributed by atoms with Gasteiger partial charge in [0, 0.05) is 5.02 Å². The molecule has 2 rings (SSSR count). The number of halogens is 1. The smallest absolute Gasteiger partial charge is 0.325 e. The summed E-state index contributed by atoms with van der Waals surface area (Å²) in [5.74, 6) is -0.413. The van der Waals surface area contributed by atoms with Crippen molar-refractivity contribution in [1.29, 1.82) is 0 Å². The van der Waals surface area contributed by atoms with E-state index in [4.69, 9.17) is 16.3 Å². The van der Waals surface area contributed by atoms with Gasteiger partial charge in [-0.25, -0.2) is 4.79 Å². The van der Waals surface area contributed by atoms with Gasteiger partial charge >= 0.3 is 6.03 Å². The Bertz CT molecular complexity index is 702. The highest BCUT2D eigenvalue weighted by molar-refractivity contribution is 6.31. The monoisotopic (exact) mass is 381 g/mol. The molecule has 0 spiro atoms. The first-order valence-corrected chi connectivity index (χ1v) is 9.02. The fourth-order valence-electron chi connectivity index (χ4n) is 3.25. The summed E-state index contributed by atoms with van der Waals surface area (Å²) < 4.78 is 5.18. The molecule has 0 saturated carbocycles. The lowest BCUT2D eigenvalue weighted by Gasteiger charge is -2.25. The number of imide groups is 1. The van der Waals surface area contributed by atoms with Crippen LogP contribution in [0.25, 0.3) is 0 Å². The van der Waals surface area contributed by atoms with Crippen LogP contribution in [0.4, 0.5) is 10.5 Å². The Labute approximate surface area is 158 Å². The summed E-state index contributed by atoms with van der Waals surface area (Å²) in [6.07, 6.45) is 2.61. The van der Waals surface area contributed by atoms with E-state index in [-0.39, 0.29) is 12.5 Å². The van der Waals surface area contributed by atoms with Crippen molar-refractivity contribution in [1.82, 2.24) is 10.2 Å². The molecule has 26 heavy (non-hydrogen) atoms. The van der Waals surface area contributed by atoms with Crippen LogP contribution in [0, 0.1) is 0 Å². The Morgan fingerprint density at radius 2 is 1.92 bits per heavy atom. The summed E-state index contributed by atoms with van der Waals surface area (Å²) >= 11 is 5.95. The molecule has 1 aromatic carbocycles. The molecule has 4 amide bonds. The molecule has 0 aliphatic carbocycles. The molecule has 0 unspecified atom stereocenters. The lowest BCUT2D eigenvalue weighted by atomic mass is 9.88. The number of hydrogen-bond acceptors (Lipinski definition) is 4. The van der Waals surface area contributed by atoms with E-state index in [2.05, 4.69) is 10.6 Å². The number of rotatable bonds is 8. The number of benzene rings is 1. The van der Waals surface area contributed by atoms with E-state index in [1.807, 2.05) is 13.8 Å². The van der Waals surface area contributed by atoms with Crippen LogP contribution >= 0.6 is 11.6 Å². The third kappa shape index (κ3) is 4.09. The standard InChI is InChI=1S/C18H24ClN3O4/c1-4-8-18(9-5-2)16(24)22(17(25)21-18)11-15(23)20-13-10-12(19)6-7-14(13)26-3/h6-7,10H,4-5,8-9,11H2,1-3H3,(H,20,23)(H,21,25). The van der Waals surface area contributed by atoms with Crippen molar-refractivity contribution in [3.05, 3.63) is 23.2 Å². The Morgan fingerprint density at radius 3 is 2.50 bits per heavy atom. The van der Waals surface area contributed by atoms with E-state index in [9.17, 15) is 14.4 Å². The highest BCUT2D eigenvalue weighted by Gasteiger charge is 2.50. The Balaban J connectivity index is 2.13. The van der Waals surface area contributed by atoms with Gasteiger partial charge in [-0.2, -0.15) is 0 Å². The highest BCUT2D eigenvalue weighted by Crippen LogP contribution is 2.29. The maximum absolute atomic E-state index is 12.8. The van der Waals surface area contributed by atoms with Crippen LogP contribution in [0.3, 0.4) is 0 Å². The molecular formula is C18H24ClN3O4. The first kappa shape index (κ1) is 20.0. The van der Waals surface area contributed by atoms with Crippen LogP contribution < -0.4 is 15.4 Å². The average molecular weight is 382 g/mol. The minimum absolute atomic E-state index is 0.348. The number of nitrogens with zero attached hydrogens (tertiary/aromatic N) is 1. The van der Waals surface area contributed by atoms with Gasteiger partial charge in [-0.3, -0.25) is 14.5 Å². The zero-order valence-corrected chi connectivity index (χ0v) is 16.0. The molecular weight excluding hydrogens is 358 g/mol. The Kier molecular flexibility index (Phi) is 6.47. The molecule has 1 heterocycles. The SMILES string of the molecule is CCCC1(CCC)NC(=O)N(CC(=O)Nc2cc(Cl)ccc2OC)C1=O. The largest absolute Gasteiger partial charge is 0.495 e. The number of hydrogen-bond donors (Lipinski definition) is 2. The molecule has 1 aliphatic rings. The fourth-order valence-corrected chi connectivity index (χ4v) is 3.42. The number of carbonyl (C=O) groups excluding carboxylic acids is 3. The predicted molar refractivity (Wildman–Crippen MR) is 99.4 cm³/mol. The van der Waals surface area contributed by atoms with Crippen molar-refractivity contribution in [2.24, 2.45) is 0 Å². The molecule has 1 aliphatic heterocycles. The molecule has 1 aromatic rings. The van der Waals surface area contributed by atoms with Crippen LogP contribution in [-0.2, 0) is 9.59 Å². The van der Waals surface area contributed by atoms with Crippen molar-refractivity contribution in [2.45, 2.75) is 45.1 Å². The van der Waals surface area contributed by atoms with Gasteiger partial charge in [0.1, 0.15) is 17.8 Å². The summed E-state index contributed by atoms with van der Waals surface area (Å²) in [6, 6.07) is 4.27. The fraction of sp³-hybridized carbons (Fsp3) is 0.500. The van der Waals surface area contributed by atoms with E-state index in [1.165, 1.54) is 7.11 Å². The number of carbonyl (C=O) groups is 3. The Hall–Kier alpha value is -2.28. The quantitative estimate of drug-likeness (QED) is 0.677. The van der Waals surface area contributed by atoms with Crippen molar-refractivity contribution < 1.29 is 19.1 Å². The molecule has 1 fully saturated rings. The van der Waals surface area contributed by atoms with E-state index in [0.29, 0.717) is 29.3 Å². The van der Waals surface area contributed by atoms with Crippen molar-refractivity contribution in [2.75, 3.05) is 19.0 Å². The second-order valence-corrected chi connectivity index (χ2v) is 6.73. The van der Waals surface area contributed by atoms with Gasteiger partial charge in [-0.1, -0.05) is 38.3 Å². The minimum Gasteiger partial charge on any atom is -0.495 e. The number of urea groups is 1. The minimum atomic E-state index is -0.908. The molecule has 7 nitrogen and oxygen atoms in total. The summed E-state index contributed by atoms with van der Waals surface area (Å²) in [6.45, 7) is 3.55.